The van der Waals surface area contributed by atoms with Crippen LogP contribution in [0, 0.1) is 0 Å². The number of hydrogen-bond donors (Lipinski definition) is 2. The number of carbonyl (C=O) groups is 1. The van der Waals surface area contributed by atoms with Gasteiger partial charge in [-0.15, -0.1) is 11.8 Å². The molecule has 4 rings (SSSR count). The molecule has 0 bridgehead atoms. The van der Waals surface area contributed by atoms with Crippen LogP contribution in [0.4, 0.5) is 5.69 Å². The van der Waals surface area contributed by atoms with E-state index in [1.54, 1.807) is 18.0 Å². The number of rotatable bonds is 7. The zero-order chi connectivity index (χ0) is 20.9. The Morgan fingerprint density at radius 2 is 2.00 bits per heavy atom. The van der Waals surface area contributed by atoms with E-state index in [0.717, 1.165) is 33.7 Å². The van der Waals surface area contributed by atoms with Gasteiger partial charge in [-0.05, 0) is 47.7 Å². The van der Waals surface area contributed by atoms with Gasteiger partial charge in [0.2, 0.25) is 0 Å². The van der Waals surface area contributed by atoms with Gasteiger partial charge in [0, 0.05) is 17.0 Å². The molecule has 6 nitrogen and oxygen atoms in total. The van der Waals surface area contributed by atoms with E-state index in [-0.39, 0.29) is 5.91 Å². The normalized spacial score (nSPS) is 12.1. The molecule has 2 N–H and O–H groups in total. The number of thioether (sulfide) groups is 1. The van der Waals surface area contributed by atoms with Gasteiger partial charge in [-0.25, -0.2) is 9.97 Å². The second-order valence-electron chi connectivity index (χ2n) is 7.19. The molecule has 4 aromatic rings. The fourth-order valence-corrected chi connectivity index (χ4v) is 4.06. The Morgan fingerprint density at radius 1 is 1.17 bits per heavy atom. The van der Waals surface area contributed by atoms with Crippen LogP contribution < -0.4 is 5.32 Å². The summed E-state index contributed by atoms with van der Waals surface area (Å²) < 4.78 is 0. The lowest BCUT2D eigenvalue weighted by atomic mass is 9.98. The summed E-state index contributed by atoms with van der Waals surface area (Å²) in [5.74, 6) is 1.10. The summed E-state index contributed by atoms with van der Waals surface area (Å²) in [6, 6.07) is 15.8. The summed E-state index contributed by atoms with van der Waals surface area (Å²) in [6.07, 6.45) is 4.35. The fraction of sp³-hybridized carbons (Fsp3) is 0.217. The molecule has 0 aliphatic carbocycles. The molecular weight excluding hydrogens is 394 g/mol. The van der Waals surface area contributed by atoms with E-state index in [4.69, 9.17) is 0 Å². The number of aromatic amines is 1. The number of carbonyl (C=O) groups excluding carboxylic acids is 1. The van der Waals surface area contributed by atoms with Crippen molar-refractivity contribution in [3.8, 4) is 0 Å². The Kier molecular flexibility index (Phi) is 6.09. The minimum absolute atomic E-state index is 0.114. The van der Waals surface area contributed by atoms with Gasteiger partial charge in [0.25, 0.3) is 5.91 Å². The molecule has 7 heteroatoms. The Balaban J connectivity index is 1.42. The summed E-state index contributed by atoms with van der Waals surface area (Å²) in [5.41, 5.74) is 4.49. The van der Waals surface area contributed by atoms with E-state index >= 15 is 0 Å². The Hall–Kier alpha value is -3.19. The third kappa shape index (κ3) is 4.52. The second kappa shape index (κ2) is 9.09. The lowest BCUT2D eigenvalue weighted by Crippen LogP contribution is -2.12. The zero-order valence-electron chi connectivity index (χ0n) is 16.9. The van der Waals surface area contributed by atoms with Crippen LogP contribution in [0.3, 0.4) is 0 Å². The average molecular weight is 418 g/mol. The maximum atomic E-state index is 12.7. The quantitative estimate of drug-likeness (QED) is 0.310. The summed E-state index contributed by atoms with van der Waals surface area (Å²) in [7, 11) is 0. The molecular formula is C23H23N5OS. The summed E-state index contributed by atoms with van der Waals surface area (Å²) in [5, 5.41) is 11.6. The van der Waals surface area contributed by atoms with Crippen molar-refractivity contribution in [3.63, 3.8) is 0 Å². The van der Waals surface area contributed by atoms with Crippen molar-refractivity contribution in [3.05, 3.63) is 77.7 Å². The highest BCUT2D eigenvalue weighted by Crippen LogP contribution is 2.27. The monoisotopic (exact) mass is 417 g/mol. The van der Waals surface area contributed by atoms with Crippen molar-refractivity contribution in [2.24, 2.45) is 0 Å². The summed E-state index contributed by atoms with van der Waals surface area (Å²) in [6.45, 7) is 4.38. The highest BCUT2D eigenvalue weighted by molar-refractivity contribution is 7.98. The van der Waals surface area contributed by atoms with Crippen LogP contribution in [0.1, 0.15) is 47.7 Å². The number of fused-ring (bicyclic) bond motifs is 1. The summed E-state index contributed by atoms with van der Waals surface area (Å²) in [4.78, 5) is 21.2. The molecule has 0 aliphatic rings. The smallest absolute Gasteiger partial charge is 0.255 e. The molecule has 2 heterocycles. The van der Waals surface area contributed by atoms with Gasteiger partial charge < -0.3 is 5.32 Å². The maximum Gasteiger partial charge on any atom is 0.255 e. The molecule has 1 unspecified atom stereocenters. The first-order valence-corrected chi connectivity index (χ1v) is 10.9. The molecule has 1 atom stereocenters. The summed E-state index contributed by atoms with van der Waals surface area (Å²) >= 11 is 1.60. The SMILES string of the molecule is CCC(C)c1ccc(NC(=O)c2cccc(CSc3ncnc4[nH]ncc34)c2)cc1. The molecule has 1 amide bonds. The fourth-order valence-electron chi connectivity index (χ4n) is 3.15. The number of hydrogen-bond acceptors (Lipinski definition) is 5. The van der Waals surface area contributed by atoms with Crippen molar-refractivity contribution in [1.29, 1.82) is 0 Å². The number of amides is 1. The highest BCUT2D eigenvalue weighted by Gasteiger charge is 2.10. The molecule has 152 valence electrons. The zero-order valence-corrected chi connectivity index (χ0v) is 17.7. The second-order valence-corrected chi connectivity index (χ2v) is 8.15. The van der Waals surface area contributed by atoms with Crippen molar-refractivity contribution in [1.82, 2.24) is 20.2 Å². The molecule has 0 radical (unpaired) electrons. The van der Waals surface area contributed by atoms with Crippen LogP contribution in [0.5, 0.6) is 0 Å². The van der Waals surface area contributed by atoms with Crippen molar-refractivity contribution >= 4 is 34.4 Å². The number of benzene rings is 2. The number of anilines is 1. The lowest BCUT2D eigenvalue weighted by molar-refractivity contribution is 0.102. The molecule has 2 aromatic carbocycles. The lowest BCUT2D eigenvalue weighted by Gasteiger charge is -2.11. The van der Waals surface area contributed by atoms with Gasteiger partial charge >= 0.3 is 0 Å². The first-order chi connectivity index (χ1) is 14.6. The van der Waals surface area contributed by atoms with Gasteiger partial charge in [-0.2, -0.15) is 5.10 Å². The Labute approximate surface area is 179 Å². The van der Waals surface area contributed by atoms with Gasteiger partial charge in [-0.3, -0.25) is 9.89 Å². The number of nitrogens with one attached hydrogen (secondary N) is 2. The standard InChI is InChI=1S/C23H23N5OS/c1-3-15(2)17-7-9-19(10-8-17)27-22(29)18-6-4-5-16(11-18)13-30-23-20-12-26-28-21(20)24-14-25-23/h4-12,14-15H,3,13H2,1-2H3,(H,27,29)(H,24,25,26,28). The third-order valence-corrected chi connectivity index (χ3v) is 6.20. The molecule has 0 fully saturated rings. The van der Waals surface area contributed by atoms with Crippen molar-refractivity contribution in [2.75, 3.05) is 5.32 Å². The molecule has 30 heavy (non-hydrogen) atoms. The van der Waals surface area contributed by atoms with Gasteiger partial charge in [0.15, 0.2) is 5.65 Å². The van der Waals surface area contributed by atoms with Crippen LogP contribution >= 0.6 is 11.8 Å². The maximum absolute atomic E-state index is 12.7. The number of aromatic nitrogens is 4. The van der Waals surface area contributed by atoms with E-state index in [0.29, 0.717) is 17.2 Å². The van der Waals surface area contributed by atoms with Crippen LogP contribution in [0.2, 0.25) is 0 Å². The largest absolute Gasteiger partial charge is 0.322 e. The van der Waals surface area contributed by atoms with E-state index in [1.807, 2.05) is 36.4 Å². The van der Waals surface area contributed by atoms with Crippen LogP contribution in [-0.2, 0) is 5.75 Å². The predicted octanol–water partition coefficient (Wildman–Crippen LogP) is 5.41. The van der Waals surface area contributed by atoms with E-state index in [9.17, 15) is 4.79 Å². The number of nitrogens with zero attached hydrogens (tertiary/aromatic N) is 3. The van der Waals surface area contributed by atoms with Gasteiger partial charge in [0.05, 0.1) is 11.6 Å². The minimum Gasteiger partial charge on any atom is -0.322 e. The average Bonchev–Trinajstić information content (AvgIpc) is 3.27. The number of H-pyrrole nitrogens is 1. The van der Waals surface area contributed by atoms with Gasteiger partial charge in [0.1, 0.15) is 11.4 Å². The third-order valence-electron chi connectivity index (χ3n) is 5.13. The first-order valence-electron chi connectivity index (χ1n) is 9.91. The van der Waals surface area contributed by atoms with Crippen molar-refractivity contribution < 1.29 is 4.79 Å². The van der Waals surface area contributed by atoms with E-state index in [2.05, 4.69) is 51.5 Å². The molecule has 2 aromatic heterocycles. The van der Waals surface area contributed by atoms with Crippen LogP contribution in [0.25, 0.3) is 11.0 Å². The van der Waals surface area contributed by atoms with Crippen molar-refractivity contribution in [2.45, 2.75) is 37.0 Å². The molecule has 0 aliphatic heterocycles. The Bertz CT molecular complexity index is 1160. The predicted molar refractivity (Wildman–Crippen MR) is 121 cm³/mol. The highest BCUT2D eigenvalue weighted by atomic mass is 32.2. The van der Waals surface area contributed by atoms with Crippen LogP contribution in [0.15, 0.2) is 66.1 Å². The van der Waals surface area contributed by atoms with E-state index in [1.165, 1.54) is 11.9 Å². The molecule has 0 spiro atoms. The van der Waals surface area contributed by atoms with Gasteiger partial charge in [-0.1, -0.05) is 38.1 Å². The topological polar surface area (TPSA) is 83.6 Å². The van der Waals surface area contributed by atoms with E-state index < -0.39 is 0 Å². The van der Waals surface area contributed by atoms with Crippen LogP contribution in [-0.4, -0.2) is 26.1 Å². The first kappa shape index (κ1) is 20.1. The Morgan fingerprint density at radius 3 is 2.80 bits per heavy atom. The minimum atomic E-state index is -0.114. The molecule has 0 saturated heterocycles. The molecule has 0 saturated carbocycles.